The molecule has 0 saturated carbocycles. The summed E-state index contributed by atoms with van der Waals surface area (Å²) in [7, 11) is 0. The van der Waals surface area contributed by atoms with E-state index in [1.165, 1.54) is 6.26 Å². The highest BCUT2D eigenvalue weighted by Gasteiger charge is 2.05. The van der Waals surface area contributed by atoms with E-state index in [1.807, 2.05) is 31.2 Å². The van der Waals surface area contributed by atoms with E-state index in [2.05, 4.69) is 4.98 Å². The van der Waals surface area contributed by atoms with Crippen molar-refractivity contribution in [2.45, 2.75) is 13.5 Å². The summed E-state index contributed by atoms with van der Waals surface area (Å²) >= 11 is 0. The van der Waals surface area contributed by atoms with Gasteiger partial charge in [0.15, 0.2) is 0 Å². The fraction of sp³-hybridized carbons (Fsp3) is 0.182. The molecule has 0 aliphatic heterocycles. The Hall–Kier alpha value is -1.81. The minimum absolute atomic E-state index is 0.143. The fourth-order valence-electron chi connectivity index (χ4n) is 1.19. The largest absolute Gasteiger partial charge is 0.417 e. The number of hydrogen-bond acceptors (Lipinski definition) is 4. The van der Waals surface area contributed by atoms with E-state index < -0.39 is 0 Å². The molecule has 0 atom stereocenters. The van der Waals surface area contributed by atoms with Crippen molar-refractivity contribution in [2.24, 2.45) is 0 Å². The number of aromatic nitrogens is 1. The zero-order chi connectivity index (χ0) is 10.7. The molecule has 15 heavy (non-hydrogen) atoms. The molecule has 0 unspecified atom stereocenters. The first-order valence-corrected chi connectivity index (χ1v) is 4.58. The molecule has 0 aliphatic carbocycles. The van der Waals surface area contributed by atoms with Crippen molar-refractivity contribution in [3.8, 4) is 11.8 Å². The maximum atomic E-state index is 8.78. The molecule has 4 nitrogen and oxygen atoms in total. The lowest BCUT2D eigenvalue weighted by Crippen LogP contribution is -1.86. The van der Waals surface area contributed by atoms with Crippen molar-refractivity contribution in [1.29, 1.82) is 0 Å². The van der Waals surface area contributed by atoms with Gasteiger partial charge in [0.25, 0.3) is 0 Å². The second-order valence-corrected chi connectivity index (χ2v) is 3.18. The van der Waals surface area contributed by atoms with E-state index in [1.54, 1.807) is 0 Å². The number of oxazole rings is 1. The van der Waals surface area contributed by atoms with E-state index in [0.717, 1.165) is 5.56 Å². The molecule has 0 radical (unpaired) electrons. The smallest absolute Gasteiger partial charge is 0.399 e. The summed E-state index contributed by atoms with van der Waals surface area (Å²) < 4.78 is 10.4. The van der Waals surface area contributed by atoms with Crippen molar-refractivity contribution in [2.75, 3.05) is 0 Å². The molecule has 2 aromatic rings. The summed E-state index contributed by atoms with van der Waals surface area (Å²) in [6, 6.07) is 7.56. The molecule has 0 spiro atoms. The standard InChI is InChI=1S/C11H11NO3/c1-8-3-2-4-10(5-8)15-11-12-9(6-13)7-14-11/h2-5,7,13H,6H2,1H3. The van der Waals surface area contributed by atoms with Gasteiger partial charge in [-0.05, 0) is 24.6 Å². The predicted molar refractivity (Wildman–Crippen MR) is 53.7 cm³/mol. The van der Waals surface area contributed by atoms with Gasteiger partial charge in [0.1, 0.15) is 17.7 Å². The quantitative estimate of drug-likeness (QED) is 0.835. The molecule has 4 heteroatoms. The van der Waals surface area contributed by atoms with Crippen molar-refractivity contribution < 1.29 is 14.3 Å². The van der Waals surface area contributed by atoms with Crippen LogP contribution in [0.2, 0.25) is 0 Å². The zero-order valence-corrected chi connectivity index (χ0v) is 8.30. The Kier molecular flexibility index (Phi) is 2.69. The van der Waals surface area contributed by atoms with Crippen LogP contribution in [0.25, 0.3) is 0 Å². The molecule has 0 aliphatic rings. The number of hydrogen-bond donors (Lipinski definition) is 1. The molecule has 0 saturated heterocycles. The summed E-state index contributed by atoms with van der Waals surface area (Å²) in [5.74, 6) is 0.668. The van der Waals surface area contributed by atoms with E-state index in [-0.39, 0.29) is 12.7 Å². The number of ether oxygens (including phenoxy) is 1. The highest BCUT2D eigenvalue weighted by Crippen LogP contribution is 2.21. The number of aryl methyl sites for hydroxylation is 1. The first-order valence-electron chi connectivity index (χ1n) is 4.58. The SMILES string of the molecule is Cc1cccc(Oc2nc(CO)co2)c1. The van der Waals surface area contributed by atoms with Gasteiger partial charge in [0.05, 0.1) is 6.61 Å². The highest BCUT2D eigenvalue weighted by atomic mass is 16.6. The fourth-order valence-corrected chi connectivity index (χ4v) is 1.19. The molecule has 0 fully saturated rings. The Morgan fingerprint density at radius 2 is 2.33 bits per heavy atom. The maximum Gasteiger partial charge on any atom is 0.399 e. The highest BCUT2D eigenvalue weighted by molar-refractivity contribution is 5.29. The molecule has 1 aromatic heterocycles. The summed E-state index contributed by atoms with van der Waals surface area (Å²) in [4.78, 5) is 3.91. The Balaban J connectivity index is 2.14. The van der Waals surface area contributed by atoms with Crippen LogP contribution in [-0.2, 0) is 6.61 Å². The lowest BCUT2D eigenvalue weighted by molar-refractivity contribution is 0.276. The van der Waals surface area contributed by atoms with Gasteiger partial charge in [-0.3, -0.25) is 0 Å². The lowest BCUT2D eigenvalue weighted by Gasteiger charge is -2.00. The molecule has 2 rings (SSSR count). The van der Waals surface area contributed by atoms with E-state index >= 15 is 0 Å². The molecule has 0 amide bonds. The third-order valence-electron chi connectivity index (χ3n) is 1.89. The topological polar surface area (TPSA) is 55.5 Å². The zero-order valence-electron chi connectivity index (χ0n) is 8.30. The van der Waals surface area contributed by atoms with Crippen molar-refractivity contribution in [3.05, 3.63) is 41.8 Å². The van der Waals surface area contributed by atoms with Gasteiger partial charge in [0, 0.05) is 0 Å². The maximum absolute atomic E-state index is 8.78. The minimum Gasteiger partial charge on any atom is -0.417 e. The van der Waals surface area contributed by atoms with Crippen molar-refractivity contribution in [1.82, 2.24) is 4.98 Å². The average Bonchev–Trinajstić information content (AvgIpc) is 2.65. The molecule has 1 aromatic carbocycles. The van der Waals surface area contributed by atoms with Crippen LogP contribution < -0.4 is 4.74 Å². The van der Waals surface area contributed by atoms with Crippen LogP contribution in [-0.4, -0.2) is 10.1 Å². The van der Waals surface area contributed by atoms with E-state index in [9.17, 15) is 0 Å². The lowest BCUT2D eigenvalue weighted by atomic mass is 10.2. The van der Waals surface area contributed by atoms with Crippen LogP contribution >= 0.6 is 0 Å². The Labute approximate surface area is 87.1 Å². The van der Waals surface area contributed by atoms with Crippen LogP contribution in [0, 0.1) is 6.92 Å². The van der Waals surface area contributed by atoms with Crippen LogP contribution in [0.15, 0.2) is 34.9 Å². The third kappa shape index (κ3) is 2.35. The number of aliphatic hydroxyl groups is 1. The Morgan fingerprint density at radius 1 is 1.47 bits per heavy atom. The van der Waals surface area contributed by atoms with Gasteiger partial charge >= 0.3 is 6.08 Å². The molecule has 1 N–H and O–H groups in total. The average molecular weight is 205 g/mol. The summed E-state index contributed by atoms with van der Waals surface area (Å²) in [5, 5.41) is 8.78. The molecule has 0 bridgehead atoms. The van der Waals surface area contributed by atoms with Gasteiger partial charge in [-0.1, -0.05) is 12.1 Å². The van der Waals surface area contributed by atoms with Crippen LogP contribution in [0.1, 0.15) is 11.3 Å². The number of aliphatic hydroxyl groups excluding tert-OH is 1. The predicted octanol–water partition coefficient (Wildman–Crippen LogP) is 2.27. The van der Waals surface area contributed by atoms with Crippen LogP contribution in [0.3, 0.4) is 0 Å². The second-order valence-electron chi connectivity index (χ2n) is 3.18. The van der Waals surface area contributed by atoms with Crippen molar-refractivity contribution >= 4 is 0 Å². The van der Waals surface area contributed by atoms with Gasteiger partial charge in [-0.25, -0.2) is 0 Å². The molecule has 78 valence electrons. The first kappa shape index (κ1) is 9.73. The summed E-state index contributed by atoms with van der Waals surface area (Å²) in [6.45, 7) is 1.82. The molecule has 1 heterocycles. The normalized spacial score (nSPS) is 10.3. The van der Waals surface area contributed by atoms with Crippen molar-refractivity contribution in [3.63, 3.8) is 0 Å². The molecular formula is C11H11NO3. The van der Waals surface area contributed by atoms with Crippen LogP contribution in [0.5, 0.6) is 11.8 Å². The Bertz CT molecular complexity index is 451. The van der Waals surface area contributed by atoms with Crippen LogP contribution in [0.4, 0.5) is 0 Å². The minimum atomic E-state index is -0.152. The summed E-state index contributed by atoms with van der Waals surface area (Å²) in [5.41, 5.74) is 1.55. The number of rotatable bonds is 3. The number of benzene rings is 1. The second kappa shape index (κ2) is 4.14. The molecular weight excluding hydrogens is 194 g/mol. The number of nitrogens with zero attached hydrogens (tertiary/aromatic N) is 1. The van der Waals surface area contributed by atoms with Gasteiger partial charge in [-0.15, -0.1) is 0 Å². The monoisotopic (exact) mass is 205 g/mol. The van der Waals surface area contributed by atoms with Gasteiger partial charge < -0.3 is 14.3 Å². The van der Waals surface area contributed by atoms with E-state index in [0.29, 0.717) is 11.4 Å². The van der Waals surface area contributed by atoms with Gasteiger partial charge in [0.2, 0.25) is 0 Å². The third-order valence-corrected chi connectivity index (χ3v) is 1.89. The first-order chi connectivity index (χ1) is 7.28. The van der Waals surface area contributed by atoms with E-state index in [4.69, 9.17) is 14.3 Å². The summed E-state index contributed by atoms with van der Waals surface area (Å²) in [6.07, 6.45) is 1.51. The van der Waals surface area contributed by atoms with Gasteiger partial charge in [-0.2, -0.15) is 4.98 Å². The Morgan fingerprint density at radius 3 is 3.00 bits per heavy atom.